The number of benzene rings is 1. The molecule has 0 bridgehead atoms. The minimum atomic E-state index is -0.00722. The van der Waals surface area contributed by atoms with Crippen LogP contribution in [0.5, 0.6) is 5.75 Å². The first-order valence-electron chi connectivity index (χ1n) is 8.21. The van der Waals surface area contributed by atoms with Gasteiger partial charge in [0, 0.05) is 12.0 Å². The van der Waals surface area contributed by atoms with Crippen LogP contribution in [0.15, 0.2) is 18.2 Å². The van der Waals surface area contributed by atoms with Crippen LogP contribution in [0.1, 0.15) is 60.9 Å². The van der Waals surface area contributed by atoms with Gasteiger partial charge in [-0.25, -0.2) is 0 Å². The first-order chi connectivity index (χ1) is 10.2. The SMILES string of the molecule is CNC1(CC(=O)c2cccc3c2OCCC3)CCCCC1. The van der Waals surface area contributed by atoms with Crippen molar-refractivity contribution in [2.45, 2.75) is 56.9 Å². The molecule has 1 saturated carbocycles. The zero-order chi connectivity index (χ0) is 14.7. The molecule has 3 heteroatoms. The monoisotopic (exact) mass is 287 g/mol. The Labute approximate surface area is 127 Å². The highest BCUT2D eigenvalue weighted by Crippen LogP contribution is 2.35. The molecule has 1 N–H and O–H groups in total. The van der Waals surface area contributed by atoms with Gasteiger partial charge in [0.1, 0.15) is 5.75 Å². The molecule has 1 aliphatic heterocycles. The van der Waals surface area contributed by atoms with Gasteiger partial charge in [0.15, 0.2) is 5.78 Å². The van der Waals surface area contributed by atoms with Crippen LogP contribution >= 0.6 is 0 Å². The number of ketones is 1. The third kappa shape index (κ3) is 2.98. The van der Waals surface area contributed by atoms with E-state index >= 15 is 0 Å². The molecule has 0 radical (unpaired) electrons. The van der Waals surface area contributed by atoms with E-state index in [1.807, 2.05) is 19.2 Å². The summed E-state index contributed by atoms with van der Waals surface area (Å²) in [6, 6.07) is 6.01. The van der Waals surface area contributed by atoms with Crippen molar-refractivity contribution in [2.24, 2.45) is 0 Å². The first-order valence-corrected chi connectivity index (χ1v) is 8.21. The van der Waals surface area contributed by atoms with Gasteiger partial charge in [0.25, 0.3) is 0 Å². The zero-order valence-corrected chi connectivity index (χ0v) is 12.9. The summed E-state index contributed by atoms with van der Waals surface area (Å²) in [4.78, 5) is 12.8. The van der Waals surface area contributed by atoms with Crippen LogP contribution in [0, 0.1) is 0 Å². The summed E-state index contributed by atoms with van der Waals surface area (Å²) in [6.07, 6.45) is 8.59. The summed E-state index contributed by atoms with van der Waals surface area (Å²) in [5.74, 6) is 1.07. The maximum atomic E-state index is 12.8. The molecule has 2 aliphatic rings. The Morgan fingerprint density at radius 2 is 2.05 bits per heavy atom. The number of nitrogens with one attached hydrogen (secondary N) is 1. The molecule has 0 amide bonds. The number of fused-ring (bicyclic) bond motifs is 1. The van der Waals surface area contributed by atoms with E-state index in [-0.39, 0.29) is 11.3 Å². The van der Waals surface area contributed by atoms with Crippen LogP contribution in [-0.2, 0) is 6.42 Å². The molecule has 0 unspecified atom stereocenters. The summed E-state index contributed by atoms with van der Waals surface area (Å²) >= 11 is 0. The van der Waals surface area contributed by atoms with E-state index in [2.05, 4.69) is 11.4 Å². The Bertz CT molecular complexity index is 518. The predicted octanol–water partition coefficient (Wildman–Crippen LogP) is 3.51. The van der Waals surface area contributed by atoms with E-state index in [1.54, 1.807) is 0 Å². The Kier molecular flexibility index (Phi) is 4.29. The van der Waals surface area contributed by atoms with Gasteiger partial charge in [0.05, 0.1) is 12.2 Å². The molecule has 0 spiro atoms. The fourth-order valence-corrected chi connectivity index (χ4v) is 3.75. The lowest BCUT2D eigenvalue weighted by Crippen LogP contribution is -2.46. The molecule has 0 atom stereocenters. The largest absolute Gasteiger partial charge is 0.493 e. The van der Waals surface area contributed by atoms with Gasteiger partial charge in [-0.05, 0) is 44.4 Å². The fourth-order valence-electron chi connectivity index (χ4n) is 3.75. The summed E-state index contributed by atoms with van der Waals surface area (Å²) in [5.41, 5.74) is 1.97. The highest BCUT2D eigenvalue weighted by molar-refractivity contribution is 5.99. The average Bonchev–Trinajstić information content (AvgIpc) is 2.55. The average molecular weight is 287 g/mol. The summed E-state index contributed by atoms with van der Waals surface area (Å²) in [6.45, 7) is 0.731. The molecule has 21 heavy (non-hydrogen) atoms. The minimum absolute atomic E-state index is 0.00722. The number of para-hydroxylation sites is 1. The Morgan fingerprint density at radius 1 is 1.24 bits per heavy atom. The second-order valence-electron chi connectivity index (χ2n) is 6.44. The normalized spacial score (nSPS) is 20.4. The maximum absolute atomic E-state index is 12.8. The van der Waals surface area contributed by atoms with Crippen molar-refractivity contribution in [2.75, 3.05) is 13.7 Å². The summed E-state index contributed by atoms with van der Waals surface area (Å²) in [7, 11) is 2.00. The lowest BCUT2D eigenvalue weighted by atomic mass is 9.77. The molecule has 1 fully saturated rings. The van der Waals surface area contributed by atoms with Crippen molar-refractivity contribution in [1.29, 1.82) is 0 Å². The number of rotatable bonds is 4. The molecule has 3 rings (SSSR count). The van der Waals surface area contributed by atoms with Gasteiger partial charge in [-0.3, -0.25) is 4.79 Å². The lowest BCUT2D eigenvalue weighted by Gasteiger charge is -2.37. The van der Waals surface area contributed by atoms with Crippen LogP contribution in [0.3, 0.4) is 0 Å². The number of aryl methyl sites for hydroxylation is 1. The molecule has 0 saturated heterocycles. The van der Waals surface area contributed by atoms with E-state index in [9.17, 15) is 4.79 Å². The van der Waals surface area contributed by atoms with E-state index in [1.165, 1.54) is 24.8 Å². The van der Waals surface area contributed by atoms with Crippen molar-refractivity contribution in [3.05, 3.63) is 29.3 Å². The van der Waals surface area contributed by atoms with Crippen molar-refractivity contribution in [3.8, 4) is 5.75 Å². The van der Waals surface area contributed by atoms with Gasteiger partial charge < -0.3 is 10.1 Å². The minimum Gasteiger partial charge on any atom is -0.493 e. The molecular formula is C18H25NO2. The van der Waals surface area contributed by atoms with Gasteiger partial charge in [-0.2, -0.15) is 0 Å². The van der Waals surface area contributed by atoms with Gasteiger partial charge in [-0.1, -0.05) is 31.4 Å². The van der Waals surface area contributed by atoms with Crippen molar-refractivity contribution in [1.82, 2.24) is 5.32 Å². The van der Waals surface area contributed by atoms with Crippen LogP contribution in [0.4, 0.5) is 0 Å². The van der Waals surface area contributed by atoms with Crippen LogP contribution in [-0.4, -0.2) is 25.0 Å². The van der Waals surface area contributed by atoms with Crippen LogP contribution in [0.2, 0.25) is 0 Å². The Hall–Kier alpha value is -1.35. The number of hydrogen-bond acceptors (Lipinski definition) is 3. The number of carbonyl (C=O) groups excluding carboxylic acids is 1. The van der Waals surface area contributed by atoms with Crippen LogP contribution < -0.4 is 10.1 Å². The molecule has 1 aromatic carbocycles. The quantitative estimate of drug-likeness (QED) is 0.861. The first kappa shape index (κ1) is 14.6. The van der Waals surface area contributed by atoms with Crippen molar-refractivity contribution >= 4 is 5.78 Å². The number of ether oxygens (including phenoxy) is 1. The lowest BCUT2D eigenvalue weighted by molar-refractivity contribution is 0.0910. The van der Waals surface area contributed by atoms with Gasteiger partial charge in [0.2, 0.25) is 0 Å². The molecule has 0 aromatic heterocycles. The Balaban J connectivity index is 1.82. The Morgan fingerprint density at radius 3 is 2.81 bits per heavy atom. The zero-order valence-electron chi connectivity index (χ0n) is 12.9. The maximum Gasteiger partial charge on any atom is 0.168 e. The summed E-state index contributed by atoms with van der Waals surface area (Å²) in [5, 5.41) is 3.44. The number of hydrogen-bond donors (Lipinski definition) is 1. The fraction of sp³-hybridized carbons (Fsp3) is 0.611. The van der Waals surface area contributed by atoms with Gasteiger partial charge in [-0.15, -0.1) is 0 Å². The number of Topliss-reactive ketones (excluding diaryl/α,β-unsaturated/α-hetero) is 1. The van der Waals surface area contributed by atoms with E-state index in [0.29, 0.717) is 6.42 Å². The second kappa shape index (κ2) is 6.18. The van der Waals surface area contributed by atoms with E-state index < -0.39 is 0 Å². The van der Waals surface area contributed by atoms with Crippen molar-refractivity contribution in [3.63, 3.8) is 0 Å². The molecule has 1 heterocycles. The van der Waals surface area contributed by atoms with E-state index in [4.69, 9.17) is 4.74 Å². The molecule has 3 nitrogen and oxygen atoms in total. The highest BCUT2D eigenvalue weighted by Gasteiger charge is 2.34. The molecule has 114 valence electrons. The standard InChI is InChI=1S/C18H25NO2/c1-19-18(10-3-2-4-11-18)13-16(20)15-9-5-7-14-8-6-12-21-17(14)15/h5,7,9,19H,2-4,6,8,10-13H2,1H3. The third-order valence-electron chi connectivity index (χ3n) is 5.07. The smallest absolute Gasteiger partial charge is 0.168 e. The molecule has 1 aliphatic carbocycles. The predicted molar refractivity (Wildman–Crippen MR) is 84.1 cm³/mol. The summed E-state index contributed by atoms with van der Waals surface area (Å²) < 4.78 is 5.79. The van der Waals surface area contributed by atoms with E-state index in [0.717, 1.165) is 43.6 Å². The topological polar surface area (TPSA) is 38.3 Å². The van der Waals surface area contributed by atoms with Crippen molar-refractivity contribution < 1.29 is 9.53 Å². The third-order valence-corrected chi connectivity index (χ3v) is 5.07. The molecule has 1 aromatic rings. The van der Waals surface area contributed by atoms with Gasteiger partial charge >= 0.3 is 0 Å². The van der Waals surface area contributed by atoms with Crippen LogP contribution in [0.25, 0.3) is 0 Å². The highest BCUT2D eigenvalue weighted by atomic mass is 16.5. The number of carbonyl (C=O) groups is 1. The second-order valence-corrected chi connectivity index (χ2v) is 6.44. The molecular weight excluding hydrogens is 262 g/mol.